The summed E-state index contributed by atoms with van der Waals surface area (Å²) in [6.07, 6.45) is 0. The number of hydrogen-bond donors (Lipinski definition) is 0. The molecule has 132 valence electrons. The lowest BCUT2D eigenvalue weighted by atomic mass is 9.94. The molecule has 0 aliphatic rings. The van der Waals surface area contributed by atoms with Crippen LogP contribution in [-0.2, 0) is 0 Å². The first-order chi connectivity index (χ1) is 13.8. The van der Waals surface area contributed by atoms with E-state index < -0.39 is 0 Å². The molecular weight excluding hydrogens is 358 g/mol. The predicted molar refractivity (Wildman–Crippen MR) is 126 cm³/mol. The highest BCUT2D eigenvalue weighted by Crippen LogP contribution is 2.44. The SMILES string of the molecule is C=Nc1c2ccccc2c(C)c2cc3c(cc12)sc1ccc2ccccc2c13. The molecule has 1 heterocycles. The number of nitrogens with zero attached hydrogens (tertiary/aromatic N) is 1. The van der Waals surface area contributed by atoms with Crippen LogP contribution in [0.15, 0.2) is 77.8 Å². The number of benzene rings is 5. The van der Waals surface area contributed by atoms with Crippen LogP contribution >= 0.6 is 11.3 Å². The maximum atomic E-state index is 4.43. The first-order valence-electron chi connectivity index (χ1n) is 9.42. The van der Waals surface area contributed by atoms with Gasteiger partial charge in [-0.3, -0.25) is 4.99 Å². The second kappa shape index (κ2) is 5.63. The van der Waals surface area contributed by atoms with E-state index in [0.717, 1.165) is 5.69 Å². The Morgan fingerprint density at radius 2 is 1.43 bits per heavy atom. The van der Waals surface area contributed by atoms with E-state index in [1.807, 2.05) is 11.3 Å². The van der Waals surface area contributed by atoms with Crippen molar-refractivity contribution < 1.29 is 0 Å². The Kier molecular flexibility index (Phi) is 3.18. The summed E-state index contributed by atoms with van der Waals surface area (Å²) >= 11 is 1.86. The smallest absolute Gasteiger partial charge is 0.0779 e. The lowest BCUT2D eigenvalue weighted by Crippen LogP contribution is -1.85. The Hall–Kier alpha value is -3.23. The zero-order valence-corrected chi connectivity index (χ0v) is 16.3. The molecule has 0 bridgehead atoms. The molecule has 0 radical (unpaired) electrons. The van der Waals surface area contributed by atoms with Gasteiger partial charge in [0.25, 0.3) is 0 Å². The van der Waals surface area contributed by atoms with Gasteiger partial charge in [-0.25, -0.2) is 0 Å². The van der Waals surface area contributed by atoms with Crippen LogP contribution in [0.2, 0.25) is 0 Å². The maximum absolute atomic E-state index is 4.43. The van der Waals surface area contributed by atoms with E-state index in [1.54, 1.807) is 0 Å². The number of thiophene rings is 1. The summed E-state index contributed by atoms with van der Waals surface area (Å²) in [5, 5.41) is 10.2. The Labute approximate surface area is 166 Å². The minimum atomic E-state index is 0.986. The van der Waals surface area contributed by atoms with Crippen LogP contribution in [0.1, 0.15) is 5.56 Å². The van der Waals surface area contributed by atoms with E-state index in [4.69, 9.17) is 0 Å². The molecule has 1 aromatic heterocycles. The van der Waals surface area contributed by atoms with Gasteiger partial charge in [0.1, 0.15) is 0 Å². The molecule has 0 atom stereocenters. The first kappa shape index (κ1) is 15.8. The van der Waals surface area contributed by atoms with Crippen molar-refractivity contribution in [3.8, 4) is 0 Å². The van der Waals surface area contributed by atoms with Crippen LogP contribution in [0, 0.1) is 6.92 Å². The third kappa shape index (κ3) is 1.98. The van der Waals surface area contributed by atoms with Gasteiger partial charge < -0.3 is 0 Å². The van der Waals surface area contributed by atoms with Crippen molar-refractivity contribution >= 4 is 76.2 Å². The van der Waals surface area contributed by atoms with Gasteiger partial charge >= 0.3 is 0 Å². The lowest BCUT2D eigenvalue weighted by molar-refractivity contribution is 1.56. The molecule has 0 aliphatic heterocycles. The molecule has 5 aromatic carbocycles. The Balaban J connectivity index is 1.89. The van der Waals surface area contributed by atoms with Gasteiger partial charge in [-0.2, -0.15) is 0 Å². The van der Waals surface area contributed by atoms with Gasteiger partial charge in [0, 0.05) is 30.9 Å². The maximum Gasteiger partial charge on any atom is 0.0779 e. The van der Waals surface area contributed by atoms with Gasteiger partial charge in [-0.15, -0.1) is 11.3 Å². The van der Waals surface area contributed by atoms with Crippen LogP contribution in [0.25, 0.3) is 52.5 Å². The minimum absolute atomic E-state index is 0.986. The zero-order valence-electron chi connectivity index (χ0n) is 15.5. The van der Waals surface area contributed by atoms with Crippen molar-refractivity contribution in [2.75, 3.05) is 0 Å². The molecule has 0 saturated carbocycles. The fourth-order valence-electron chi connectivity index (χ4n) is 4.58. The largest absolute Gasteiger partial charge is 0.263 e. The quantitative estimate of drug-likeness (QED) is 0.203. The summed E-state index contributed by atoms with van der Waals surface area (Å²) in [5.41, 5.74) is 2.29. The van der Waals surface area contributed by atoms with E-state index in [9.17, 15) is 0 Å². The molecule has 0 fully saturated rings. The van der Waals surface area contributed by atoms with E-state index in [0.29, 0.717) is 0 Å². The zero-order chi connectivity index (χ0) is 18.8. The molecule has 1 nitrogen and oxygen atoms in total. The molecule has 0 spiro atoms. The number of aliphatic imine (C=N–C) groups is 1. The molecule has 0 saturated heterocycles. The highest BCUT2D eigenvalue weighted by Gasteiger charge is 2.15. The van der Waals surface area contributed by atoms with Crippen LogP contribution in [0.4, 0.5) is 5.69 Å². The molecule has 0 amide bonds. The summed E-state index contributed by atoms with van der Waals surface area (Å²) in [4.78, 5) is 4.43. The highest BCUT2D eigenvalue weighted by molar-refractivity contribution is 7.26. The van der Waals surface area contributed by atoms with Crippen molar-refractivity contribution in [3.05, 3.63) is 78.4 Å². The molecule has 2 heteroatoms. The van der Waals surface area contributed by atoms with Crippen LogP contribution < -0.4 is 0 Å². The number of hydrogen-bond acceptors (Lipinski definition) is 2. The van der Waals surface area contributed by atoms with Crippen molar-refractivity contribution in [1.82, 2.24) is 0 Å². The normalized spacial score (nSPS) is 11.9. The summed E-state index contributed by atoms with van der Waals surface area (Å²) in [5.74, 6) is 0. The second-order valence-electron chi connectivity index (χ2n) is 7.33. The van der Waals surface area contributed by atoms with Crippen molar-refractivity contribution in [2.24, 2.45) is 4.99 Å². The van der Waals surface area contributed by atoms with Crippen molar-refractivity contribution in [1.29, 1.82) is 0 Å². The van der Waals surface area contributed by atoms with E-state index in [-0.39, 0.29) is 0 Å². The molecule has 6 aromatic rings. The number of fused-ring (bicyclic) bond motifs is 7. The van der Waals surface area contributed by atoms with Gasteiger partial charge in [-0.1, -0.05) is 54.6 Å². The van der Waals surface area contributed by atoms with E-state index in [2.05, 4.69) is 91.4 Å². The lowest BCUT2D eigenvalue weighted by Gasteiger charge is -2.12. The van der Waals surface area contributed by atoms with Crippen molar-refractivity contribution in [3.63, 3.8) is 0 Å². The molecule has 0 N–H and O–H groups in total. The van der Waals surface area contributed by atoms with Gasteiger partial charge in [-0.05, 0) is 58.9 Å². The number of aryl methyl sites for hydroxylation is 1. The summed E-state index contributed by atoms with van der Waals surface area (Å²) in [6, 6.07) is 26.3. The Bertz CT molecular complexity index is 1590. The topological polar surface area (TPSA) is 12.4 Å². The second-order valence-corrected chi connectivity index (χ2v) is 8.42. The number of rotatable bonds is 1. The fraction of sp³-hybridized carbons (Fsp3) is 0.0385. The van der Waals surface area contributed by atoms with Gasteiger partial charge in [0.05, 0.1) is 5.69 Å². The van der Waals surface area contributed by atoms with Crippen LogP contribution in [0.5, 0.6) is 0 Å². The molecular formula is C26H17NS. The summed E-state index contributed by atoms with van der Waals surface area (Å²) in [6.45, 7) is 6.10. The summed E-state index contributed by atoms with van der Waals surface area (Å²) in [7, 11) is 0. The standard InChI is InChI=1S/C26H17NS/c1-15-17-8-5-6-10-19(17)26(27-2)21-14-24-22(13-20(15)21)25-18-9-4-3-7-16(18)11-12-23(25)28-24/h3-14H,2H2,1H3. The summed E-state index contributed by atoms with van der Waals surface area (Å²) < 4.78 is 2.64. The fourth-order valence-corrected chi connectivity index (χ4v) is 5.72. The Morgan fingerprint density at radius 3 is 2.25 bits per heavy atom. The average Bonchev–Trinajstić information content (AvgIpc) is 3.11. The van der Waals surface area contributed by atoms with Crippen molar-refractivity contribution in [2.45, 2.75) is 6.92 Å². The molecule has 0 aliphatic carbocycles. The monoisotopic (exact) mass is 375 g/mol. The van der Waals surface area contributed by atoms with Crippen LogP contribution in [0.3, 0.4) is 0 Å². The first-order valence-corrected chi connectivity index (χ1v) is 10.2. The van der Waals surface area contributed by atoms with Gasteiger partial charge in [0.2, 0.25) is 0 Å². The molecule has 0 unspecified atom stereocenters. The predicted octanol–water partition coefficient (Wildman–Crippen LogP) is 8.15. The molecule has 28 heavy (non-hydrogen) atoms. The third-order valence-corrected chi connectivity index (χ3v) is 7.02. The van der Waals surface area contributed by atoms with Crippen LogP contribution in [-0.4, -0.2) is 6.72 Å². The molecule has 6 rings (SSSR count). The third-order valence-electron chi connectivity index (χ3n) is 5.90. The minimum Gasteiger partial charge on any atom is -0.263 e. The Morgan fingerprint density at radius 1 is 0.679 bits per heavy atom. The van der Waals surface area contributed by atoms with E-state index in [1.165, 1.54) is 58.1 Å². The average molecular weight is 375 g/mol. The van der Waals surface area contributed by atoms with Gasteiger partial charge in [0.15, 0.2) is 0 Å². The highest BCUT2D eigenvalue weighted by atomic mass is 32.1. The van der Waals surface area contributed by atoms with E-state index >= 15 is 0 Å².